The highest BCUT2D eigenvalue weighted by molar-refractivity contribution is 7.16. The summed E-state index contributed by atoms with van der Waals surface area (Å²) in [6.07, 6.45) is 0.0272. The maximum absolute atomic E-state index is 14.4. The Morgan fingerprint density at radius 2 is 1.93 bits per heavy atom. The van der Waals surface area contributed by atoms with Crippen LogP contribution in [0.1, 0.15) is 31.1 Å². The molecular formula is C21H22F2N2O3S. The molecule has 0 aliphatic heterocycles. The second-order valence-electron chi connectivity index (χ2n) is 6.58. The van der Waals surface area contributed by atoms with Crippen LogP contribution >= 0.6 is 11.3 Å². The second kappa shape index (κ2) is 9.28. The van der Waals surface area contributed by atoms with E-state index in [0.717, 1.165) is 17.4 Å². The highest BCUT2D eigenvalue weighted by atomic mass is 32.1. The number of nitrogens with zero attached hydrogens (tertiary/aromatic N) is 2. The van der Waals surface area contributed by atoms with Crippen LogP contribution in [0.15, 0.2) is 41.4 Å². The normalized spacial score (nSPS) is 12.1. The van der Waals surface area contributed by atoms with Crippen LogP contribution in [0.4, 0.5) is 8.78 Å². The first kappa shape index (κ1) is 21.1. The zero-order valence-electron chi connectivity index (χ0n) is 16.4. The topological polar surface area (TPSA) is 52.8 Å². The van der Waals surface area contributed by atoms with Crippen LogP contribution < -0.4 is 9.54 Å². The van der Waals surface area contributed by atoms with E-state index in [4.69, 9.17) is 9.47 Å². The van der Waals surface area contributed by atoms with Gasteiger partial charge in [-0.25, -0.2) is 8.78 Å². The smallest absolute Gasteiger partial charge is 0.279 e. The first-order chi connectivity index (χ1) is 13.9. The van der Waals surface area contributed by atoms with E-state index in [0.29, 0.717) is 35.8 Å². The van der Waals surface area contributed by atoms with Crippen LogP contribution in [-0.4, -0.2) is 29.8 Å². The summed E-state index contributed by atoms with van der Waals surface area (Å²) in [4.78, 5) is 17.1. The van der Waals surface area contributed by atoms with Crippen LogP contribution in [-0.2, 0) is 11.3 Å². The van der Waals surface area contributed by atoms with Gasteiger partial charge in [0.2, 0.25) is 0 Å². The third-order valence-electron chi connectivity index (χ3n) is 4.03. The SMILES string of the molecule is CCOCCn1c(=NC(=O)c2ccc(OC(C)C)cc2)sc2cc(F)cc(F)c21. The van der Waals surface area contributed by atoms with E-state index in [-0.39, 0.29) is 16.4 Å². The lowest BCUT2D eigenvalue weighted by molar-refractivity contribution is 0.0996. The van der Waals surface area contributed by atoms with Crippen LogP contribution in [0.25, 0.3) is 10.2 Å². The van der Waals surface area contributed by atoms with Crippen LogP contribution in [0.3, 0.4) is 0 Å². The van der Waals surface area contributed by atoms with Crippen LogP contribution in [0.5, 0.6) is 5.75 Å². The largest absolute Gasteiger partial charge is 0.491 e. The zero-order chi connectivity index (χ0) is 21.0. The minimum absolute atomic E-state index is 0.0272. The molecule has 1 amide bonds. The summed E-state index contributed by atoms with van der Waals surface area (Å²) >= 11 is 1.06. The predicted molar refractivity (Wildman–Crippen MR) is 108 cm³/mol. The Balaban J connectivity index is 2.00. The van der Waals surface area contributed by atoms with E-state index in [9.17, 15) is 13.6 Å². The Bertz CT molecular complexity index is 1070. The molecule has 29 heavy (non-hydrogen) atoms. The van der Waals surface area contributed by atoms with Crippen molar-refractivity contribution in [2.75, 3.05) is 13.2 Å². The number of aromatic nitrogens is 1. The Morgan fingerprint density at radius 1 is 1.21 bits per heavy atom. The maximum Gasteiger partial charge on any atom is 0.279 e. The molecule has 0 aliphatic rings. The monoisotopic (exact) mass is 420 g/mol. The van der Waals surface area contributed by atoms with Crippen LogP contribution in [0.2, 0.25) is 0 Å². The molecule has 0 fully saturated rings. The number of thiazole rings is 1. The Kier molecular flexibility index (Phi) is 6.76. The fourth-order valence-corrected chi connectivity index (χ4v) is 3.92. The minimum Gasteiger partial charge on any atom is -0.491 e. The molecule has 2 aromatic carbocycles. The van der Waals surface area contributed by atoms with Gasteiger partial charge in [0.05, 0.1) is 22.9 Å². The molecule has 0 radical (unpaired) electrons. The molecule has 0 aliphatic carbocycles. The van der Waals surface area contributed by atoms with Gasteiger partial charge in [-0.2, -0.15) is 4.99 Å². The molecule has 1 aromatic heterocycles. The Labute approximate surface area is 171 Å². The number of hydrogen-bond acceptors (Lipinski definition) is 4. The molecule has 0 N–H and O–H groups in total. The zero-order valence-corrected chi connectivity index (χ0v) is 17.3. The lowest BCUT2D eigenvalue weighted by Gasteiger charge is -2.09. The van der Waals surface area contributed by atoms with Crippen molar-refractivity contribution in [3.8, 4) is 5.75 Å². The number of halogens is 2. The molecule has 0 atom stereocenters. The molecule has 0 bridgehead atoms. The predicted octanol–water partition coefficient (Wildman–Crippen LogP) is 4.55. The summed E-state index contributed by atoms with van der Waals surface area (Å²) in [5, 5.41) is 0. The van der Waals surface area contributed by atoms with Crippen molar-refractivity contribution in [3.05, 3.63) is 58.4 Å². The van der Waals surface area contributed by atoms with Crippen molar-refractivity contribution in [1.82, 2.24) is 4.57 Å². The maximum atomic E-state index is 14.4. The van der Waals surface area contributed by atoms with Gasteiger partial charge in [-0.05, 0) is 51.1 Å². The number of ether oxygens (including phenoxy) is 2. The minimum atomic E-state index is -0.697. The molecule has 0 saturated carbocycles. The van der Waals surface area contributed by atoms with Crippen molar-refractivity contribution < 1.29 is 23.0 Å². The van der Waals surface area contributed by atoms with Gasteiger partial charge in [-0.15, -0.1) is 0 Å². The van der Waals surface area contributed by atoms with E-state index in [1.165, 1.54) is 6.07 Å². The molecule has 3 aromatic rings. The van der Waals surface area contributed by atoms with Crippen LogP contribution in [0, 0.1) is 11.6 Å². The Morgan fingerprint density at radius 3 is 2.59 bits per heavy atom. The average Bonchev–Trinajstić information content (AvgIpc) is 2.99. The number of benzene rings is 2. The third-order valence-corrected chi connectivity index (χ3v) is 5.05. The van der Waals surface area contributed by atoms with Crippen molar-refractivity contribution in [2.45, 2.75) is 33.4 Å². The van der Waals surface area contributed by atoms with Crippen molar-refractivity contribution >= 4 is 27.5 Å². The quantitative estimate of drug-likeness (QED) is 0.527. The van der Waals surface area contributed by atoms with E-state index in [1.807, 2.05) is 20.8 Å². The molecule has 1 heterocycles. The fourth-order valence-electron chi connectivity index (χ4n) is 2.82. The van der Waals surface area contributed by atoms with Gasteiger partial charge in [-0.1, -0.05) is 11.3 Å². The van der Waals surface area contributed by atoms with Gasteiger partial charge in [-0.3, -0.25) is 4.79 Å². The molecule has 5 nitrogen and oxygen atoms in total. The number of amides is 1. The van der Waals surface area contributed by atoms with E-state index < -0.39 is 17.5 Å². The number of carbonyl (C=O) groups is 1. The standard InChI is InChI=1S/C21H22F2N2O3S/c1-4-27-10-9-25-19-17(23)11-15(22)12-18(19)29-21(25)24-20(26)14-5-7-16(8-6-14)28-13(2)3/h5-8,11-13H,4,9-10H2,1-3H3. The summed E-state index contributed by atoms with van der Waals surface area (Å²) in [5.74, 6) is -1.19. The van der Waals surface area contributed by atoms with Gasteiger partial charge >= 0.3 is 0 Å². The summed E-state index contributed by atoms with van der Waals surface area (Å²) < 4.78 is 40.9. The number of hydrogen-bond donors (Lipinski definition) is 0. The van der Waals surface area contributed by atoms with E-state index in [1.54, 1.807) is 28.8 Å². The number of fused-ring (bicyclic) bond motifs is 1. The first-order valence-electron chi connectivity index (χ1n) is 9.31. The fraction of sp³-hybridized carbons (Fsp3) is 0.333. The van der Waals surface area contributed by atoms with Crippen molar-refractivity contribution in [2.24, 2.45) is 4.99 Å². The van der Waals surface area contributed by atoms with Gasteiger partial charge in [0, 0.05) is 24.8 Å². The molecule has 0 spiro atoms. The van der Waals surface area contributed by atoms with Gasteiger partial charge in [0.15, 0.2) is 10.6 Å². The lowest BCUT2D eigenvalue weighted by Crippen LogP contribution is -2.20. The van der Waals surface area contributed by atoms with Crippen molar-refractivity contribution in [1.29, 1.82) is 0 Å². The number of rotatable bonds is 7. The van der Waals surface area contributed by atoms with E-state index in [2.05, 4.69) is 4.99 Å². The average molecular weight is 420 g/mol. The van der Waals surface area contributed by atoms with Crippen molar-refractivity contribution in [3.63, 3.8) is 0 Å². The van der Waals surface area contributed by atoms with Gasteiger partial charge in [0.1, 0.15) is 11.6 Å². The highest BCUT2D eigenvalue weighted by Gasteiger charge is 2.14. The molecule has 154 valence electrons. The van der Waals surface area contributed by atoms with Gasteiger partial charge < -0.3 is 14.0 Å². The molecule has 3 rings (SSSR count). The third kappa shape index (κ3) is 5.07. The second-order valence-corrected chi connectivity index (χ2v) is 7.58. The molecule has 0 unspecified atom stereocenters. The summed E-state index contributed by atoms with van der Waals surface area (Å²) in [6.45, 7) is 6.81. The molecule has 8 heteroatoms. The summed E-state index contributed by atoms with van der Waals surface area (Å²) in [7, 11) is 0. The summed E-state index contributed by atoms with van der Waals surface area (Å²) in [6, 6.07) is 8.72. The Hall–Kier alpha value is -2.58. The molecule has 0 saturated heterocycles. The molecular weight excluding hydrogens is 398 g/mol. The number of carbonyl (C=O) groups excluding carboxylic acids is 1. The summed E-state index contributed by atoms with van der Waals surface area (Å²) in [5.41, 5.74) is 0.588. The van der Waals surface area contributed by atoms with E-state index >= 15 is 0 Å². The van der Waals surface area contributed by atoms with Gasteiger partial charge in [0.25, 0.3) is 5.91 Å². The highest BCUT2D eigenvalue weighted by Crippen LogP contribution is 2.22. The lowest BCUT2D eigenvalue weighted by atomic mass is 10.2. The first-order valence-corrected chi connectivity index (χ1v) is 10.1.